The lowest BCUT2D eigenvalue weighted by molar-refractivity contribution is 0.687. The molecule has 0 aliphatic heterocycles. The minimum Gasteiger partial charge on any atom is -0.302 e. The van der Waals surface area contributed by atoms with Gasteiger partial charge in [0, 0.05) is 22.3 Å². The van der Waals surface area contributed by atoms with Crippen molar-refractivity contribution in [2.24, 2.45) is 0 Å². The molecule has 0 fully saturated rings. The maximum Gasteiger partial charge on any atom is 0.191 e. The fourth-order valence-corrected chi connectivity index (χ4v) is 3.69. The molecule has 0 saturated heterocycles. The van der Waals surface area contributed by atoms with E-state index in [9.17, 15) is 0 Å². The van der Waals surface area contributed by atoms with Gasteiger partial charge in [-0.25, -0.2) is 0 Å². The zero-order valence-corrected chi connectivity index (χ0v) is 15.7. The largest absolute Gasteiger partial charge is 0.302 e. The lowest BCUT2D eigenvalue weighted by Crippen LogP contribution is -2.00. The third kappa shape index (κ3) is 3.79. The van der Waals surface area contributed by atoms with Crippen LogP contribution < -0.4 is 0 Å². The zero-order chi connectivity index (χ0) is 16.2. The number of thioether (sulfide) groups is 1. The number of hydrogen-bond acceptors (Lipinski definition) is 3. The number of halogens is 2. The van der Waals surface area contributed by atoms with Crippen molar-refractivity contribution in [1.82, 2.24) is 14.8 Å². The van der Waals surface area contributed by atoms with E-state index in [2.05, 4.69) is 61.9 Å². The summed E-state index contributed by atoms with van der Waals surface area (Å²) in [5.74, 6) is 1.67. The Morgan fingerprint density at radius 3 is 2.52 bits per heavy atom. The molecule has 0 radical (unpaired) electrons. The first kappa shape index (κ1) is 16.6. The lowest BCUT2D eigenvalue weighted by Gasteiger charge is -2.08. The molecule has 0 saturated carbocycles. The third-order valence-corrected chi connectivity index (χ3v) is 5.33. The first-order chi connectivity index (χ1) is 11.2. The van der Waals surface area contributed by atoms with Gasteiger partial charge in [-0.05, 0) is 36.8 Å². The molecule has 0 amide bonds. The smallest absolute Gasteiger partial charge is 0.191 e. The van der Waals surface area contributed by atoms with Gasteiger partial charge in [0.15, 0.2) is 11.0 Å². The van der Waals surface area contributed by atoms with E-state index in [0.29, 0.717) is 5.02 Å². The quantitative estimate of drug-likeness (QED) is 0.509. The standard InChI is InChI=1S/C17H15BrClN3S/c1-2-22-16(14-5-3-4-6-15(14)19)20-21-17(22)23-11-12-7-9-13(18)10-8-12/h3-10H,2,11H2,1H3. The Bertz CT molecular complexity index is 802. The second kappa shape index (κ2) is 7.51. The molecule has 0 spiro atoms. The van der Waals surface area contributed by atoms with E-state index in [0.717, 1.165) is 33.3 Å². The van der Waals surface area contributed by atoms with Crippen LogP contribution in [-0.4, -0.2) is 14.8 Å². The Morgan fingerprint density at radius 2 is 1.83 bits per heavy atom. The van der Waals surface area contributed by atoms with Gasteiger partial charge < -0.3 is 4.57 Å². The van der Waals surface area contributed by atoms with Crippen molar-refractivity contribution >= 4 is 39.3 Å². The first-order valence-corrected chi connectivity index (χ1v) is 9.40. The van der Waals surface area contributed by atoms with Crippen LogP contribution in [0.15, 0.2) is 58.2 Å². The highest BCUT2D eigenvalue weighted by Gasteiger charge is 2.15. The topological polar surface area (TPSA) is 30.7 Å². The number of benzene rings is 2. The molecular weight excluding hydrogens is 394 g/mol. The summed E-state index contributed by atoms with van der Waals surface area (Å²) in [5, 5.41) is 10.3. The van der Waals surface area contributed by atoms with Gasteiger partial charge >= 0.3 is 0 Å². The molecular formula is C17H15BrClN3S. The van der Waals surface area contributed by atoms with Crippen molar-refractivity contribution in [3.8, 4) is 11.4 Å². The Hall–Kier alpha value is -1.30. The summed E-state index contributed by atoms with van der Waals surface area (Å²) >= 11 is 11.4. The van der Waals surface area contributed by atoms with Crippen LogP contribution in [0, 0.1) is 0 Å². The maximum absolute atomic E-state index is 6.29. The highest BCUT2D eigenvalue weighted by molar-refractivity contribution is 9.10. The van der Waals surface area contributed by atoms with E-state index in [1.807, 2.05) is 24.3 Å². The molecule has 3 nitrogen and oxygen atoms in total. The molecule has 118 valence electrons. The van der Waals surface area contributed by atoms with Gasteiger partial charge in [-0.3, -0.25) is 0 Å². The Morgan fingerprint density at radius 1 is 1.09 bits per heavy atom. The van der Waals surface area contributed by atoms with E-state index in [1.165, 1.54) is 5.56 Å². The summed E-state index contributed by atoms with van der Waals surface area (Å²) in [6.07, 6.45) is 0. The van der Waals surface area contributed by atoms with Crippen molar-refractivity contribution in [3.05, 3.63) is 63.6 Å². The van der Waals surface area contributed by atoms with Crippen LogP contribution in [-0.2, 0) is 12.3 Å². The van der Waals surface area contributed by atoms with Gasteiger partial charge in [-0.15, -0.1) is 10.2 Å². The monoisotopic (exact) mass is 407 g/mol. The normalized spacial score (nSPS) is 10.9. The number of aromatic nitrogens is 3. The van der Waals surface area contributed by atoms with Crippen molar-refractivity contribution in [1.29, 1.82) is 0 Å². The number of hydrogen-bond donors (Lipinski definition) is 0. The molecule has 3 aromatic rings. The van der Waals surface area contributed by atoms with Crippen LogP contribution in [0.2, 0.25) is 5.02 Å². The molecule has 0 aliphatic carbocycles. The van der Waals surface area contributed by atoms with Crippen molar-refractivity contribution < 1.29 is 0 Å². The molecule has 1 heterocycles. The molecule has 0 bridgehead atoms. The van der Waals surface area contributed by atoms with E-state index in [4.69, 9.17) is 11.6 Å². The van der Waals surface area contributed by atoms with Crippen molar-refractivity contribution in [2.75, 3.05) is 0 Å². The molecule has 2 aromatic carbocycles. The zero-order valence-electron chi connectivity index (χ0n) is 12.5. The van der Waals surface area contributed by atoms with Crippen LogP contribution in [0.25, 0.3) is 11.4 Å². The summed E-state index contributed by atoms with van der Waals surface area (Å²) < 4.78 is 3.19. The summed E-state index contributed by atoms with van der Waals surface area (Å²) in [6, 6.07) is 16.1. The molecule has 0 unspecified atom stereocenters. The molecule has 1 aromatic heterocycles. The van der Waals surface area contributed by atoms with Gasteiger partial charge in [0.05, 0.1) is 5.02 Å². The van der Waals surface area contributed by atoms with Gasteiger partial charge in [0.2, 0.25) is 0 Å². The minimum atomic E-state index is 0.694. The molecule has 23 heavy (non-hydrogen) atoms. The van der Waals surface area contributed by atoms with Crippen LogP contribution in [0.4, 0.5) is 0 Å². The molecule has 6 heteroatoms. The SMILES string of the molecule is CCn1c(SCc2ccc(Br)cc2)nnc1-c1ccccc1Cl. The van der Waals surface area contributed by atoms with Gasteiger partial charge in [-0.2, -0.15) is 0 Å². The fraction of sp³-hybridized carbons (Fsp3) is 0.176. The van der Waals surface area contributed by atoms with Gasteiger partial charge in [0.25, 0.3) is 0 Å². The lowest BCUT2D eigenvalue weighted by atomic mass is 10.2. The van der Waals surface area contributed by atoms with E-state index >= 15 is 0 Å². The third-order valence-electron chi connectivity index (χ3n) is 3.43. The predicted molar refractivity (Wildman–Crippen MR) is 99.8 cm³/mol. The average Bonchev–Trinajstić information content (AvgIpc) is 2.97. The summed E-state index contributed by atoms with van der Waals surface area (Å²) in [5.41, 5.74) is 2.17. The van der Waals surface area contributed by atoms with Crippen molar-refractivity contribution in [3.63, 3.8) is 0 Å². The van der Waals surface area contributed by atoms with Crippen molar-refractivity contribution in [2.45, 2.75) is 24.4 Å². The number of rotatable bonds is 5. The van der Waals surface area contributed by atoms with E-state index in [-0.39, 0.29) is 0 Å². The summed E-state index contributed by atoms with van der Waals surface area (Å²) in [4.78, 5) is 0. The first-order valence-electron chi connectivity index (χ1n) is 7.24. The molecule has 0 atom stereocenters. The van der Waals surface area contributed by atoms with Crippen LogP contribution in [0.5, 0.6) is 0 Å². The van der Waals surface area contributed by atoms with Gasteiger partial charge in [0.1, 0.15) is 0 Å². The molecule has 3 rings (SSSR count). The van der Waals surface area contributed by atoms with Gasteiger partial charge in [-0.1, -0.05) is 63.6 Å². The van der Waals surface area contributed by atoms with E-state index in [1.54, 1.807) is 11.8 Å². The maximum atomic E-state index is 6.29. The second-order valence-corrected chi connectivity index (χ2v) is 7.21. The summed E-state index contributed by atoms with van der Waals surface area (Å²) in [7, 11) is 0. The van der Waals surface area contributed by atoms with Crippen LogP contribution >= 0.6 is 39.3 Å². The average molecular weight is 409 g/mol. The summed E-state index contributed by atoms with van der Waals surface area (Å²) in [6.45, 7) is 2.89. The predicted octanol–water partition coefficient (Wildman–Crippen LogP) is 5.67. The second-order valence-electron chi connectivity index (χ2n) is 4.95. The van der Waals surface area contributed by atoms with Crippen LogP contribution in [0.1, 0.15) is 12.5 Å². The Labute approximate surface area is 153 Å². The number of nitrogens with zero attached hydrogens (tertiary/aromatic N) is 3. The highest BCUT2D eigenvalue weighted by Crippen LogP contribution is 2.30. The molecule has 0 aliphatic rings. The van der Waals surface area contributed by atoms with E-state index < -0.39 is 0 Å². The molecule has 0 N–H and O–H groups in total. The Kier molecular flexibility index (Phi) is 5.41. The minimum absolute atomic E-state index is 0.694. The highest BCUT2D eigenvalue weighted by atomic mass is 79.9. The van der Waals surface area contributed by atoms with Crippen LogP contribution in [0.3, 0.4) is 0 Å². The Balaban J connectivity index is 1.84. The fourth-order valence-electron chi connectivity index (χ4n) is 2.25.